The van der Waals surface area contributed by atoms with E-state index >= 15 is 0 Å². The summed E-state index contributed by atoms with van der Waals surface area (Å²) in [6.45, 7) is 7.77. The molecule has 1 atom stereocenters. The first-order chi connectivity index (χ1) is 9.88. The minimum absolute atomic E-state index is 0.106. The summed E-state index contributed by atoms with van der Waals surface area (Å²) in [5.74, 6) is 0.0696. The van der Waals surface area contributed by atoms with E-state index in [0.717, 1.165) is 29.9 Å². The second-order valence-electron chi connectivity index (χ2n) is 6.58. The Kier molecular flexibility index (Phi) is 3.24. The van der Waals surface area contributed by atoms with Gasteiger partial charge in [-0.1, -0.05) is 20.8 Å². The van der Waals surface area contributed by atoms with Crippen molar-refractivity contribution >= 4 is 17.0 Å². The van der Waals surface area contributed by atoms with Gasteiger partial charge in [-0.05, 0) is 24.6 Å². The van der Waals surface area contributed by atoms with Crippen LogP contribution in [-0.4, -0.2) is 33.8 Å². The van der Waals surface area contributed by atoms with E-state index in [9.17, 15) is 9.90 Å². The summed E-state index contributed by atoms with van der Waals surface area (Å²) >= 11 is 0. The normalized spacial score (nSPS) is 19.3. The topological polar surface area (TPSA) is 64.3 Å². The first-order valence-corrected chi connectivity index (χ1v) is 7.21. The molecule has 1 aliphatic rings. The number of aromatic nitrogens is 2. The largest absolute Gasteiger partial charge is 0.478 e. The highest BCUT2D eigenvalue weighted by Crippen LogP contribution is 2.33. The van der Waals surface area contributed by atoms with Crippen molar-refractivity contribution in [2.24, 2.45) is 0 Å². The lowest BCUT2D eigenvalue weighted by atomic mass is 9.95. The third-order valence-electron chi connectivity index (χ3n) is 3.88. The monoisotopic (exact) mass is 288 g/mol. The minimum Gasteiger partial charge on any atom is -0.478 e. The molecule has 1 aliphatic heterocycles. The Morgan fingerprint density at radius 2 is 2.19 bits per heavy atom. The SMILES string of the molecule is CC(C)(C)c1nc2ccc(C(=O)O)cc2n1C1CCOC1. The molecule has 0 amide bonds. The summed E-state index contributed by atoms with van der Waals surface area (Å²) in [6, 6.07) is 5.35. The third-order valence-corrected chi connectivity index (χ3v) is 3.88. The summed E-state index contributed by atoms with van der Waals surface area (Å²) in [7, 11) is 0. The average Bonchev–Trinajstić information content (AvgIpc) is 3.03. The van der Waals surface area contributed by atoms with Gasteiger partial charge in [-0.15, -0.1) is 0 Å². The Balaban J connectivity index is 2.26. The number of fused-ring (bicyclic) bond motifs is 1. The van der Waals surface area contributed by atoms with Crippen LogP contribution in [0.25, 0.3) is 11.0 Å². The number of nitrogens with zero attached hydrogens (tertiary/aromatic N) is 2. The van der Waals surface area contributed by atoms with E-state index in [1.807, 2.05) is 0 Å². The molecule has 5 heteroatoms. The molecule has 0 spiro atoms. The smallest absolute Gasteiger partial charge is 0.335 e. The lowest BCUT2D eigenvalue weighted by molar-refractivity contribution is 0.0697. The number of rotatable bonds is 2. The van der Waals surface area contributed by atoms with Crippen LogP contribution in [0, 0.1) is 0 Å². The van der Waals surface area contributed by atoms with Crippen LogP contribution in [0.3, 0.4) is 0 Å². The molecule has 0 bridgehead atoms. The van der Waals surface area contributed by atoms with Gasteiger partial charge in [-0.25, -0.2) is 9.78 Å². The van der Waals surface area contributed by atoms with Gasteiger partial charge in [0.1, 0.15) is 5.82 Å². The Hall–Kier alpha value is -1.88. The van der Waals surface area contributed by atoms with Crippen molar-refractivity contribution in [1.29, 1.82) is 0 Å². The minimum atomic E-state index is -0.912. The zero-order valence-corrected chi connectivity index (χ0v) is 12.6. The molecule has 0 radical (unpaired) electrons. The second-order valence-corrected chi connectivity index (χ2v) is 6.58. The molecular formula is C16H20N2O3. The van der Waals surface area contributed by atoms with Gasteiger partial charge in [0.05, 0.1) is 29.2 Å². The van der Waals surface area contributed by atoms with Crippen molar-refractivity contribution in [2.45, 2.75) is 38.6 Å². The number of carbonyl (C=O) groups is 1. The predicted molar refractivity (Wildman–Crippen MR) is 79.9 cm³/mol. The molecule has 0 saturated carbocycles. The number of hydrogen-bond donors (Lipinski definition) is 1. The highest BCUT2D eigenvalue weighted by Gasteiger charge is 2.29. The number of carboxylic acid groups (broad SMARTS) is 1. The molecule has 1 aromatic carbocycles. The van der Waals surface area contributed by atoms with Crippen molar-refractivity contribution in [2.75, 3.05) is 13.2 Å². The lowest BCUT2D eigenvalue weighted by Gasteiger charge is -2.23. The Morgan fingerprint density at radius 1 is 1.43 bits per heavy atom. The van der Waals surface area contributed by atoms with Gasteiger partial charge in [0.15, 0.2) is 0 Å². The zero-order chi connectivity index (χ0) is 15.2. The fraction of sp³-hybridized carbons (Fsp3) is 0.500. The molecule has 1 fully saturated rings. The fourth-order valence-corrected chi connectivity index (χ4v) is 2.85. The van der Waals surface area contributed by atoms with Crippen LogP contribution in [0.5, 0.6) is 0 Å². The molecule has 21 heavy (non-hydrogen) atoms. The summed E-state index contributed by atoms with van der Waals surface area (Å²) in [6.07, 6.45) is 0.936. The van der Waals surface area contributed by atoms with Crippen LogP contribution in [-0.2, 0) is 10.2 Å². The first kappa shape index (κ1) is 14.1. The molecule has 1 unspecified atom stereocenters. The van der Waals surface area contributed by atoms with Gasteiger partial charge in [0.25, 0.3) is 0 Å². The Bertz CT molecular complexity index is 691. The number of ether oxygens (including phenoxy) is 1. The van der Waals surface area contributed by atoms with E-state index in [-0.39, 0.29) is 11.5 Å². The van der Waals surface area contributed by atoms with Crippen molar-refractivity contribution in [3.05, 3.63) is 29.6 Å². The Labute approximate surface area is 123 Å². The maximum Gasteiger partial charge on any atom is 0.335 e. The van der Waals surface area contributed by atoms with E-state index in [1.54, 1.807) is 18.2 Å². The van der Waals surface area contributed by atoms with Gasteiger partial charge in [0.2, 0.25) is 0 Å². The van der Waals surface area contributed by atoms with Crippen LogP contribution < -0.4 is 0 Å². The molecule has 1 saturated heterocycles. The highest BCUT2D eigenvalue weighted by molar-refractivity contribution is 5.92. The second kappa shape index (κ2) is 4.84. The van der Waals surface area contributed by atoms with Crippen LogP contribution >= 0.6 is 0 Å². The molecule has 2 heterocycles. The fourth-order valence-electron chi connectivity index (χ4n) is 2.85. The standard InChI is InChI=1S/C16H20N2O3/c1-16(2,3)15-17-12-5-4-10(14(19)20)8-13(12)18(15)11-6-7-21-9-11/h4-5,8,11H,6-7,9H2,1-3H3,(H,19,20). The maximum absolute atomic E-state index is 11.2. The van der Waals surface area contributed by atoms with Gasteiger partial charge in [-0.3, -0.25) is 0 Å². The van der Waals surface area contributed by atoms with Crippen LogP contribution in [0.2, 0.25) is 0 Å². The molecule has 112 valence electrons. The van der Waals surface area contributed by atoms with Gasteiger partial charge >= 0.3 is 5.97 Å². The first-order valence-electron chi connectivity index (χ1n) is 7.21. The van der Waals surface area contributed by atoms with Gasteiger partial charge in [0, 0.05) is 12.0 Å². The van der Waals surface area contributed by atoms with E-state index in [0.29, 0.717) is 12.2 Å². The predicted octanol–water partition coefficient (Wildman–Crippen LogP) is 2.99. The highest BCUT2D eigenvalue weighted by atomic mass is 16.5. The lowest BCUT2D eigenvalue weighted by Crippen LogP contribution is -2.22. The van der Waals surface area contributed by atoms with E-state index in [1.165, 1.54) is 0 Å². The quantitative estimate of drug-likeness (QED) is 0.922. The van der Waals surface area contributed by atoms with Crippen LogP contribution in [0.15, 0.2) is 18.2 Å². The van der Waals surface area contributed by atoms with E-state index in [4.69, 9.17) is 9.72 Å². The van der Waals surface area contributed by atoms with Crippen LogP contribution in [0.1, 0.15) is 49.4 Å². The molecule has 0 aliphatic carbocycles. The molecular weight excluding hydrogens is 268 g/mol. The summed E-state index contributed by atoms with van der Waals surface area (Å²) in [4.78, 5) is 16.0. The van der Waals surface area contributed by atoms with Crippen LogP contribution in [0.4, 0.5) is 0 Å². The van der Waals surface area contributed by atoms with Crippen molar-refractivity contribution < 1.29 is 14.6 Å². The molecule has 1 aromatic heterocycles. The van der Waals surface area contributed by atoms with Crippen molar-refractivity contribution in [3.63, 3.8) is 0 Å². The molecule has 5 nitrogen and oxygen atoms in total. The number of imidazole rings is 1. The summed E-state index contributed by atoms with van der Waals surface area (Å²) in [5.41, 5.74) is 1.92. The molecule has 3 rings (SSSR count). The molecule has 1 N–H and O–H groups in total. The van der Waals surface area contributed by atoms with Crippen molar-refractivity contribution in [3.8, 4) is 0 Å². The van der Waals surface area contributed by atoms with Gasteiger partial charge < -0.3 is 14.4 Å². The number of benzene rings is 1. The Morgan fingerprint density at radius 3 is 2.76 bits per heavy atom. The summed E-state index contributed by atoms with van der Waals surface area (Å²) < 4.78 is 7.69. The molecule has 2 aromatic rings. The zero-order valence-electron chi connectivity index (χ0n) is 12.6. The van der Waals surface area contributed by atoms with E-state index < -0.39 is 5.97 Å². The third kappa shape index (κ3) is 2.42. The average molecular weight is 288 g/mol. The van der Waals surface area contributed by atoms with Crippen molar-refractivity contribution in [1.82, 2.24) is 9.55 Å². The maximum atomic E-state index is 11.2. The summed E-state index contributed by atoms with van der Waals surface area (Å²) in [5, 5.41) is 9.21. The number of hydrogen-bond acceptors (Lipinski definition) is 3. The van der Waals surface area contributed by atoms with Gasteiger partial charge in [-0.2, -0.15) is 0 Å². The van der Waals surface area contributed by atoms with E-state index in [2.05, 4.69) is 25.3 Å². The number of aromatic carboxylic acids is 1. The number of carboxylic acids is 1.